The van der Waals surface area contributed by atoms with E-state index in [1.807, 2.05) is 30.3 Å². The summed E-state index contributed by atoms with van der Waals surface area (Å²) in [6, 6.07) is 13.0. The number of rotatable bonds is 2. The molecule has 2 aromatic rings. The summed E-state index contributed by atoms with van der Waals surface area (Å²) in [4.78, 5) is 25.8. The molecule has 0 radical (unpaired) electrons. The number of carbonyl (C=O) groups excluding carboxylic acids is 1. The zero-order valence-corrected chi connectivity index (χ0v) is 13.7. The van der Waals surface area contributed by atoms with Crippen molar-refractivity contribution in [3.63, 3.8) is 0 Å². The molecule has 0 saturated carbocycles. The van der Waals surface area contributed by atoms with E-state index in [0.717, 1.165) is 5.56 Å². The van der Waals surface area contributed by atoms with Crippen molar-refractivity contribution in [1.82, 2.24) is 9.47 Å². The van der Waals surface area contributed by atoms with Gasteiger partial charge < -0.3 is 15.2 Å². The number of carbonyl (C=O) groups is 1. The molecule has 0 spiro atoms. The second kappa shape index (κ2) is 6.98. The second-order valence-electron chi connectivity index (χ2n) is 5.76. The lowest BCUT2D eigenvalue weighted by atomic mass is 9.95. The minimum atomic E-state index is -0.128. The molecule has 2 heterocycles. The molecule has 1 aliphatic heterocycles. The van der Waals surface area contributed by atoms with Crippen molar-refractivity contribution in [2.24, 2.45) is 12.8 Å². The first kappa shape index (κ1) is 17.2. The van der Waals surface area contributed by atoms with Gasteiger partial charge in [0.25, 0.3) is 5.91 Å². The average molecular weight is 334 g/mol. The molecule has 1 aromatic carbocycles. The number of nitrogens with two attached hydrogens (primary N) is 1. The van der Waals surface area contributed by atoms with Crippen LogP contribution >= 0.6 is 12.4 Å². The maximum absolute atomic E-state index is 12.6. The number of nitrogens with zero attached hydrogens (tertiary/aromatic N) is 2. The molecule has 2 atom stereocenters. The molecule has 3 rings (SSSR count). The highest BCUT2D eigenvalue weighted by molar-refractivity contribution is 5.94. The quantitative estimate of drug-likeness (QED) is 0.902. The smallest absolute Gasteiger partial charge is 0.255 e. The van der Waals surface area contributed by atoms with Gasteiger partial charge in [0.15, 0.2) is 0 Å². The van der Waals surface area contributed by atoms with E-state index in [-0.39, 0.29) is 35.8 Å². The molecular formula is C17H20ClN3O2. The van der Waals surface area contributed by atoms with Gasteiger partial charge in [-0.2, -0.15) is 0 Å². The Hall–Kier alpha value is -2.11. The van der Waals surface area contributed by atoms with E-state index in [0.29, 0.717) is 18.7 Å². The van der Waals surface area contributed by atoms with E-state index in [2.05, 4.69) is 0 Å². The first-order valence-corrected chi connectivity index (χ1v) is 7.33. The van der Waals surface area contributed by atoms with Crippen molar-refractivity contribution in [2.75, 3.05) is 13.1 Å². The zero-order valence-electron chi connectivity index (χ0n) is 12.9. The first-order valence-electron chi connectivity index (χ1n) is 7.33. The van der Waals surface area contributed by atoms with Crippen LogP contribution < -0.4 is 11.3 Å². The van der Waals surface area contributed by atoms with Gasteiger partial charge in [-0.05, 0) is 11.6 Å². The van der Waals surface area contributed by atoms with E-state index < -0.39 is 0 Å². The van der Waals surface area contributed by atoms with E-state index in [1.165, 1.54) is 10.6 Å². The molecule has 122 valence electrons. The summed E-state index contributed by atoms with van der Waals surface area (Å²) >= 11 is 0. The number of likely N-dealkylation sites (tertiary alicyclic amines) is 1. The van der Waals surface area contributed by atoms with Crippen LogP contribution in [0.5, 0.6) is 0 Å². The number of halogens is 1. The van der Waals surface area contributed by atoms with Crippen molar-refractivity contribution in [3.05, 3.63) is 70.1 Å². The number of benzene rings is 1. The summed E-state index contributed by atoms with van der Waals surface area (Å²) in [7, 11) is 1.64. The largest absolute Gasteiger partial charge is 0.336 e. The summed E-state index contributed by atoms with van der Waals surface area (Å²) in [5.41, 5.74) is 7.77. The lowest BCUT2D eigenvalue weighted by Crippen LogP contribution is -2.32. The van der Waals surface area contributed by atoms with Gasteiger partial charge in [0, 0.05) is 44.4 Å². The molecule has 6 heteroatoms. The van der Waals surface area contributed by atoms with Gasteiger partial charge in [0.2, 0.25) is 5.56 Å². The standard InChI is InChI=1S/C17H19N3O2.ClH/c1-19-9-13(7-8-16(19)21)17(22)20-10-14(15(18)11-20)12-5-3-2-4-6-12;/h2-9,14-15H,10-11,18H2,1H3;1H/t14-,15+;/m0./s1. The Labute approximate surface area is 141 Å². The van der Waals surface area contributed by atoms with Crippen LogP contribution in [-0.2, 0) is 7.05 Å². The average Bonchev–Trinajstić information content (AvgIpc) is 2.92. The topological polar surface area (TPSA) is 68.3 Å². The van der Waals surface area contributed by atoms with Crippen LogP contribution in [0, 0.1) is 0 Å². The number of hydrogen-bond donors (Lipinski definition) is 1. The molecule has 1 aliphatic rings. The molecular weight excluding hydrogens is 314 g/mol. The summed E-state index contributed by atoms with van der Waals surface area (Å²) in [5, 5.41) is 0. The molecule has 5 nitrogen and oxygen atoms in total. The van der Waals surface area contributed by atoms with Gasteiger partial charge in [-0.1, -0.05) is 30.3 Å². The molecule has 1 aromatic heterocycles. The van der Waals surface area contributed by atoms with E-state index in [4.69, 9.17) is 5.73 Å². The highest BCUT2D eigenvalue weighted by Crippen LogP contribution is 2.27. The summed E-state index contributed by atoms with van der Waals surface area (Å²) in [6.07, 6.45) is 1.58. The van der Waals surface area contributed by atoms with Gasteiger partial charge >= 0.3 is 0 Å². The van der Waals surface area contributed by atoms with Gasteiger partial charge in [0.1, 0.15) is 0 Å². The molecule has 1 fully saturated rings. The fourth-order valence-electron chi connectivity index (χ4n) is 2.95. The third-order valence-corrected chi connectivity index (χ3v) is 4.21. The fraction of sp³-hybridized carbons (Fsp3) is 0.294. The molecule has 0 unspecified atom stereocenters. The van der Waals surface area contributed by atoms with Crippen LogP contribution in [0.3, 0.4) is 0 Å². The fourth-order valence-corrected chi connectivity index (χ4v) is 2.95. The predicted molar refractivity (Wildman–Crippen MR) is 92.0 cm³/mol. The van der Waals surface area contributed by atoms with Crippen LogP contribution in [0.4, 0.5) is 0 Å². The highest BCUT2D eigenvalue weighted by atomic mass is 35.5. The van der Waals surface area contributed by atoms with Crippen LogP contribution in [0.25, 0.3) is 0 Å². The van der Waals surface area contributed by atoms with Crippen molar-refractivity contribution < 1.29 is 4.79 Å². The Morgan fingerprint density at radius 2 is 1.83 bits per heavy atom. The number of aryl methyl sites for hydroxylation is 1. The van der Waals surface area contributed by atoms with Crippen molar-refractivity contribution in [3.8, 4) is 0 Å². The predicted octanol–water partition coefficient (Wildman–Crippen LogP) is 1.37. The normalized spacial score (nSPS) is 20.2. The van der Waals surface area contributed by atoms with Crippen LogP contribution in [0.15, 0.2) is 53.5 Å². The Kier molecular flexibility index (Phi) is 5.23. The van der Waals surface area contributed by atoms with Crippen molar-refractivity contribution >= 4 is 18.3 Å². The number of hydrogen-bond acceptors (Lipinski definition) is 3. The van der Waals surface area contributed by atoms with Gasteiger partial charge in [-0.25, -0.2) is 0 Å². The van der Waals surface area contributed by atoms with Crippen LogP contribution in [0.2, 0.25) is 0 Å². The van der Waals surface area contributed by atoms with E-state index >= 15 is 0 Å². The third-order valence-electron chi connectivity index (χ3n) is 4.21. The van der Waals surface area contributed by atoms with E-state index in [9.17, 15) is 9.59 Å². The highest BCUT2D eigenvalue weighted by Gasteiger charge is 2.34. The number of aromatic nitrogens is 1. The third kappa shape index (κ3) is 3.46. The SMILES string of the molecule is Cl.Cn1cc(C(=O)N2C[C@@H](N)[C@H](c3ccccc3)C2)ccc1=O. The maximum atomic E-state index is 12.6. The lowest BCUT2D eigenvalue weighted by Gasteiger charge is -2.17. The summed E-state index contributed by atoms with van der Waals surface area (Å²) in [5.74, 6) is 0.0714. The number of pyridine rings is 1. The van der Waals surface area contributed by atoms with Crippen molar-refractivity contribution in [2.45, 2.75) is 12.0 Å². The summed E-state index contributed by atoms with van der Waals surface area (Å²) in [6.45, 7) is 1.13. The molecule has 1 saturated heterocycles. The molecule has 1 amide bonds. The Morgan fingerprint density at radius 1 is 1.13 bits per heavy atom. The van der Waals surface area contributed by atoms with Gasteiger partial charge in [-0.3, -0.25) is 9.59 Å². The van der Waals surface area contributed by atoms with Crippen LogP contribution in [-0.4, -0.2) is 34.5 Å². The molecule has 23 heavy (non-hydrogen) atoms. The Morgan fingerprint density at radius 3 is 2.48 bits per heavy atom. The first-order chi connectivity index (χ1) is 10.6. The molecule has 0 bridgehead atoms. The van der Waals surface area contributed by atoms with Gasteiger partial charge in [0.05, 0.1) is 5.56 Å². The van der Waals surface area contributed by atoms with Crippen LogP contribution in [0.1, 0.15) is 21.8 Å². The van der Waals surface area contributed by atoms with Crippen molar-refractivity contribution in [1.29, 1.82) is 0 Å². The summed E-state index contributed by atoms with van der Waals surface area (Å²) < 4.78 is 1.41. The lowest BCUT2D eigenvalue weighted by molar-refractivity contribution is 0.0788. The zero-order chi connectivity index (χ0) is 15.7. The molecule has 2 N–H and O–H groups in total. The number of amides is 1. The Bertz CT molecular complexity index is 745. The minimum absolute atomic E-state index is 0. The molecule has 0 aliphatic carbocycles. The monoisotopic (exact) mass is 333 g/mol. The van der Waals surface area contributed by atoms with E-state index in [1.54, 1.807) is 24.2 Å². The second-order valence-corrected chi connectivity index (χ2v) is 5.76. The van der Waals surface area contributed by atoms with Gasteiger partial charge in [-0.15, -0.1) is 12.4 Å². The minimum Gasteiger partial charge on any atom is -0.336 e. The Balaban J connectivity index is 0.00000192. The maximum Gasteiger partial charge on any atom is 0.255 e.